The van der Waals surface area contributed by atoms with Gasteiger partial charge in [-0.05, 0) is 19.9 Å². The summed E-state index contributed by atoms with van der Waals surface area (Å²) in [6, 6.07) is 0. The van der Waals surface area contributed by atoms with E-state index in [1.165, 1.54) is 7.05 Å². The van der Waals surface area contributed by atoms with Gasteiger partial charge in [-0.1, -0.05) is 6.42 Å². The highest BCUT2D eigenvalue weighted by atomic mass is 32.2. The third-order valence-electron chi connectivity index (χ3n) is 2.62. The van der Waals surface area contributed by atoms with Crippen molar-refractivity contribution in [1.29, 1.82) is 0 Å². The van der Waals surface area contributed by atoms with Crippen LogP contribution in [0.2, 0.25) is 0 Å². The maximum atomic E-state index is 11.5. The molecule has 0 radical (unpaired) electrons. The van der Waals surface area contributed by atoms with Crippen molar-refractivity contribution in [2.75, 3.05) is 13.3 Å². The van der Waals surface area contributed by atoms with Crippen LogP contribution in [-0.2, 0) is 19.9 Å². The van der Waals surface area contributed by atoms with Crippen molar-refractivity contribution in [2.24, 2.45) is 0 Å². The van der Waals surface area contributed by atoms with Crippen LogP contribution in [0.25, 0.3) is 0 Å². The van der Waals surface area contributed by atoms with Crippen molar-refractivity contribution < 1.29 is 16.8 Å². The van der Waals surface area contributed by atoms with Crippen LogP contribution in [0.1, 0.15) is 19.3 Å². The van der Waals surface area contributed by atoms with Crippen molar-refractivity contribution in [1.82, 2.24) is 4.72 Å². The minimum Gasteiger partial charge on any atom is -0.229 e. The van der Waals surface area contributed by atoms with Gasteiger partial charge in [-0.15, -0.1) is 0 Å². The number of hydrogen-bond donors (Lipinski definition) is 1. The standard InChI is InChI=1S/C7H15NO4S2/c1-8-14(11,12)7-5-3-4-6(7)13(2,9)10/h6-8H,3-5H2,1-2H3. The van der Waals surface area contributed by atoms with Crippen LogP contribution in [0.4, 0.5) is 0 Å². The molecule has 0 aromatic heterocycles. The molecule has 1 aliphatic carbocycles. The molecule has 0 aromatic rings. The highest BCUT2D eigenvalue weighted by Gasteiger charge is 2.42. The van der Waals surface area contributed by atoms with E-state index in [1.807, 2.05) is 0 Å². The molecule has 2 unspecified atom stereocenters. The fraction of sp³-hybridized carbons (Fsp3) is 1.00. The Hall–Kier alpha value is -0.140. The molecule has 0 aromatic carbocycles. The van der Waals surface area contributed by atoms with E-state index in [9.17, 15) is 16.8 Å². The molecular weight excluding hydrogens is 226 g/mol. The number of sulfonamides is 1. The summed E-state index contributed by atoms with van der Waals surface area (Å²) in [5.41, 5.74) is 0. The molecule has 1 saturated carbocycles. The summed E-state index contributed by atoms with van der Waals surface area (Å²) >= 11 is 0. The molecule has 0 heterocycles. The molecule has 14 heavy (non-hydrogen) atoms. The molecule has 0 bridgehead atoms. The lowest BCUT2D eigenvalue weighted by Crippen LogP contribution is -2.40. The van der Waals surface area contributed by atoms with E-state index in [0.717, 1.165) is 6.26 Å². The first-order valence-electron chi connectivity index (χ1n) is 4.40. The Kier molecular flexibility index (Phi) is 3.23. The van der Waals surface area contributed by atoms with E-state index < -0.39 is 30.4 Å². The van der Waals surface area contributed by atoms with E-state index in [0.29, 0.717) is 19.3 Å². The molecule has 0 aliphatic heterocycles. The monoisotopic (exact) mass is 241 g/mol. The molecule has 1 rings (SSSR count). The predicted molar refractivity (Wildman–Crippen MR) is 54.3 cm³/mol. The molecule has 7 heteroatoms. The van der Waals surface area contributed by atoms with Crippen LogP contribution in [0, 0.1) is 0 Å². The molecule has 1 fully saturated rings. The van der Waals surface area contributed by atoms with Crippen LogP contribution >= 0.6 is 0 Å². The summed E-state index contributed by atoms with van der Waals surface area (Å²) in [7, 11) is -5.41. The van der Waals surface area contributed by atoms with E-state index in [4.69, 9.17) is 0 Å². The average molecular weight is 241 g/mol. The quantitative estimate of drug-likeness (QED) is 0.722. The Morgan fingerprint density at radius 1 is 1.07 bits per heavy atom. The SMILES string of the molecule is CNS(=O)(=O)C1CCCC1S(C)(=O)=O. The lowest BCUT2D eigenvalue weighted by molar-refractivity contribution is 0.559. The Balaban J connectivity index is 3.02. The maximum Gasteiger partial charge on any atom is 0.215 e. The lowest BCUT2D eigenvalue weighted by Gasteiger charge is -2.17. The Labute approximate surface area is 84.9 Å². The van der Waals surface area contributed by atoms with Gasteiger partial charge in [0.05, 0.1) is 10.5 Å². The predicted octanol–water partition coefficient (Wildman–Crippen LogP) is -0.499. The van der Waals surface area contributed by atoms with Crippen molar-refractivity contribution in [3.05, 3.63) is 0 Å². The second-order valence-electron chi connectivity index (χ2n) is 3.59. The molecule has 0 saturated heterocycles. The van der Waals surface area contributed by atoms with Gasteiger partial charge in [0.1, 0.15) is 0 Å². The fourth-order valence-electron chi connectivity index (χ4n) is 1.89. The molecule has 5 nitrogen and oxygen atoms in total. The Morgan fingerprint density at radius 3 is 2.00 bits per heavy atom. The van der Waals surface area contributed by atoms with E-state index >= 15 is 0 Å². The summed E-state index contributed by atoms with van der Waals surface area (Å²) in [5.74, 6) is 0. The second kappa shape index (κ2) is 3.79. The van der Waals surface area contributed by atoms with Crippen molar-refractivity contribution in [3.8, 4) is 0 Å². The zero-order valence-electron chi connectivity index (χ0n) is 8.23. The summed E-state index contributed by atoms with van der Waals surface area (Å²) in [5, 5.41) is -1.51. The molecule has 1 N–H and O–H groups in total. The second-order valence-corrected chi connectivity index (χ2v) is 7.95. The van der Waals surface area contributed by atoms with Crippen LogP contribution in [0.15, 0.2) is 0 Å². The Bertz CT molecular complexity index is 397. The van der Waals surface area contributed by atoms with Crippen LogP contribution in [-0.4, -0.2) is 40.6 Å². The number of sulfone groups is 1. The van der Waals surface area contributed by atoms with Crippen LogP contribution < -0.4 is 4.72 Å². The average Bonchev–Trinajstić information content (AvgIpc) is 2.51. The van der Waals surface area contributed by atoms with E-state index in [-0.39, 0.29) is 0 Å². The van der Waals surface area contributed by atoms with Crippen LogP contribution in [0.5, 0.6) is 0 Å². The highest BCUT2D eigenvalue weighted by Crippen LogP contribution is 2.29. The van der Waals surface area contributed by atoms with Crippen molar-refractivity contribution in [2.45, 2.75) is 29.8 Å². The number of hydrogen-bond acceptors (Lipinski definition) is 4. The highest BCUT2D eigenvalue weighted by molar-refractivity contribution is 7.94. The summed E-state index contributed by atoms with van der Waals surface area (Å²) in [6.45, 7) is 0. The smallest absolute Gasteiger partial charge is 0.215 e. The van der Waals surface area contributed by atoms with Gasteiger partial charge in [0.2, 0.25) is 10.0 Å². The van der Waals surface area contributed by atoms with Gasteiger partial charge in [0.25, 0.3) is 0 Å². The van der Waals surface area contributed by atoms with Gasteiger partial charge in [-0.3, -0.25) is 0 Å². The van der Waals surface area contributed by atoms with Gasteiger partial charge >= 0.3 is 0 Å². The third kappa shape index (κ3) is 2.26. The van der Waals surface area contributed by atoms with Crippen molar-refractivity contribution in [3.63, 3.8) is 0 Å². The minimum absolute atomic E-state index is 0.431. The van der Waals surface area contributed by atoms with Gasteiger partial charge in [0.15, 0.2) is 9.84 Å². The van der Waals surface area contributed by atoms with Gasteiger partial charge in [-0.2, -0.15) is 0 Å². The maximum absolute atomic E-state index is 11.5. The molecular formula is C7H15NO4S2. The number of rotatable bonds is 3. The zero-order chi connectivity index (χ0) is 11.0. The molecule has 0 spiro atoms. The molecule has 1 aliphatic rings. The summed E-state index contributed by atoms with van der Waals surface area (Å²) in [4.78, 5) is 0. The summed E-state index contributed by atoms with van der Waals surface area (Å²) in [6.07, 6.45) is 2.63. The topological polar surface area (TPSA) is 80.3 Å². The molecule has 0 amide bonds. The largest absolute Gasteiger partial charge is 0.229 e. The summed E-state index contributed by atoms with van der Waals surface area (Å²) < 4.78 is 47.8. The normalized spacial score (nSPS) is 29.3. The van der Waals surface area contributed by atoms with Crippen molar-refractivity contribution >= 4 is 19.9 Å². The van der Waals surface area contributed by atoms with Crippen LogP contribution in [0.3, 0.4) is 0 Å². The van der Waals surface area contributed by atoms with E-state index in [1.54, 1.807) is 0 Å². The first-order chi connectivity index (χ1) is 6.29. The zero-order valence-corrected chi connectivity index (χ0v) is 9.86. The fourth-order valence-corrected chi connectivity index (χ4v) is 5.53. The third-order valence-corrected chi connectivity index (χ3v) is 6.39. The molecule has 84 valence electrons. The van der Waals surface area contributed by atoms with E-state index in [2.05, 4.69) is 4.72 Å². The minimum atomic E-state index is -3.46. The van der Waals surface area contributed by atoms with Gasteiger partial charge in [0, 0.05) is 6.26 Å². The van der Waals surface area contributed by atoms with Gasteiger partial charge in [-0.25, -0.2) is 21.6 Å². The number of nitrogens with one attached hydrogen (secondary N) is 1. The lowest BCUT2D eigenvalue weighted by atomic mass is 10.4. The Morgan fingerprint density at radius 2 is 1.57 bits per heavy atom. The first-order valence-corrected chi connectivity index (χ1v) is 7.90. The first kappa shape index (κ1) is 11.9. The van der Waals surface area contributed by atoms with Gasteiger partial charge < -0.3 is 0 Å². The molecule has 2 atom stereocenters.